The third-order valence-electron chi connectivity index (χ3n) is 2.44. The zero-order valence-electron chi connectivity index (χ0n) is 7.00. The predicted octanol–water partition coefficient (Wildman–Crippen LogP) is 0.0411. The van der Waals surface area contributed by atoms with Crippen LogP contribution in [0, 0.1) is 0 Å². The molecule has 8 heteroatoms. The maximum atomic E-state index is 11.2. The van der Waals surface area contributed by atoms with Crippen LogP contribution >= 0.6 is 34.8 Å². The lowest BCUT2D eigenvalue weighted by molar-refractivity contribution is 0.528. The molecule has 0 spiro atoms. The summed E-state index contributed by atoms with van der Waals surface area (Å²) in [5.74, 6) is 0.226. The van der Waals surface area contributed by atoms with Crippen molar-refractivity contribution in [2.45, 2.75) is 22.0 Å². The highest BCUT2D eigenvalue weighted by atomic mass is 35.6. The molecule has 0 radical (unpaired) electrons. The van der Waals surface area contributed by atoms with Crippen molar-refractivity contribution in [3.63, 3.8) is 0 Å². The molecule has 2 saturated heterocycles. The van der Waals surface area contributed by atoms with Crippen molar-refractivity contribution in [1.82, 2.24) is 10.6 Å². The molecule has 0 aromatic heterocycles. The Bertz CT molecular complexity index is 319. The third kappa shape index (κ3) is 2.13. The van der Waals surface area contributed by atoms with Gasteiger partial charge >= 0.3 is 0 Å². The zero-order chi connectivity index (χ0) is 10.6. The van der Waals surface area contributed by atoms with E-state index in [4.69, 9.17) is 34.8 Å². The minimum absolute atomic E-state index is 0.113. The van der Waals surface area contributed by atoms with Crippen LogP contribution in [0.4, 0.5) is 0 Å². The quantitative estimate of drug-likeness (QED) is 0.615. The van der Waals surface area contributed by atoms with Crippen LogP contribution in [-0.4, -0.2) is 42.0 Å². The average molecular weight is 280 g/mol. The molecule has 3 atom stereocenters. The topological polar surface area (TPSA) is 58.2 Å². The number of fused-ring (bicyclic) bond motifs is 1. The van der Waals surface area contributed by atoms with E-state index in [-0.39, 0.29) is 23.6 Å². The van der Waals surface area contributed by atoms with Crippen LogP contribution in [-0.2, 0) is 9.84 Å². The van der Waals surface area contributed by atoms with E-state index in [2.05, 4.69) is 10.6 Å². The molecule has 0 amide bonds. The lowest BCUT2D eigenvalue weighted by Gasteiger charge is -2.21. The number of halogens is 3. The number of rotatable bonds is 0. The molecule has 0 bridgehead atoms. The predicted molar refractivity (Wildman–Crippen MR) is 56.6 cm³/mol. The van der Waals surface area contributed by atoms with Gasteiger partial charge in [-0.1, -0.05) is 34.8 Å². The van der Waals surface area contributed by atoms with Crippen molar-refractivity contribution in [3.05, 3.63) is 0 Å². The van der Waals surface area contributed by atoms with Gasteiger partial charge in [0.05, 0.1) is 11.5 Å². The van der Waals surface area contributed by atoms with Gasteiger partial charge in [0.25, 0.3) is 0 Å². The molecule has 2 rings (SSSR count). The summed E-state index contributed by atoms with van der Waals surface area (Å²) in [6.45, 7) is 0. The second-order valence-electron chi connectivity index (χ2n) is 3.60. The minimum atomic E-state index is -2.93. The van der Waals surface area contributed by atoms with E-state index in [0.717, 1.165) is 0 Å². The largest absolute Gasteiger partial charge is 0.293 e. The Morgan fingerprint density at radius 3 is 1.86 bits per heavy atom. The molecule has 1 unspecified atom stereocenters. The summed E-state index contributed by atoms with van der Waals surface area (Å²) >= 11 is 17.0. The van der Waals surface area contributed by atoms with E-state index in [9.17, 15) is 8.42 Å². The van der Waals surface area contributed by atoms with Crippen LogP contribution < -0.4 is 10.6 Å². The zero-order valence-corrected chi connectivity index (χ0v) is 10.1. The number of hydrogen-bond donors (Lipinski definition) is 2. The molecule has 0 aliphatic carbocycles. The molecule has 0 aromatic carbocycles. The van der Waals surface area contributed by atoms with Crippen molar-refractivity contribution >= 4 is 44.6 Å². The van der Waals surface area contributed by atoms with Gasteiger partial charge in [0, 0.05) is 12.1 Å². The second-order valence-corrected chi connectivity index (χ2v) is 8.12. The van der Waals surface area contributed by atoms with Gasteiger partial charge in [0.1, 0.15) is 6.17 Å². The van der Waals surface area contributed by atoms with E-state index in [1.54, 1.807) is 0 Å². The molecule has 2 heterocycles. The van der Waals surface area contributed by atoms with Gasteiger partial charge in [-0.25, -0.2) is 8.42 Å². The molecule has 0 aromatic rings. The smallest absolute Gasteiger partial charge is 0.218 e. The van der Waals surface area contributed by atoms with Gasteiger partial charge in [-0.3, -0.25) is 10.6 Å². The molecule has 2 N–H and O–H groups in total. The summed E-state index contributed by atoms with van der Waals surface area (Å²) in [5.41, 5.74) is 0. The van der Waals surface area contributed by atoms with E-state index in [0.29, 0.717) is 0 Å². The molecule has 82 valence electrons. The van der Waals surface area contributed by atoms with Crippen molar-refractivity contribution in [3.8, 4) is 0 Å². The van der Waals surface area contributed by atoms with Gasteiger partial charge in [0.2, 0.25) is 3.79 Å². The lowest BCUT2D eigenvalue weighted by atomic mass is 10.2. The first-order valence-corrected chi connectivity index (χ1v) is 7.03. The van der Waals surface area contributed by atoms with Crippen LogP contribution in [0.2, 0.25) is 0 Å². The number of sulfone groups is 1. The summed E-state index contributed by atoms with van der Waals surface area (Å²) in [5, 5.41) is 5.92. The summed E-state index contributed by atoms with van der Waals surface area (Å²) in [6.07, 6.45) is -0.474. The highest BCUT2D eigenvalue weighted by Gasteiger charge is 2.49. The summed E-state index contributed by atoms with van der Waals surface area (Å²) in [7, 11) is -2.93. The Balaban J connectivity index is 2.07. The Morgan fingerprint density at radius 2 is 1.50 bits per heavy atom. The van der Waals surface area contributed by atoms with Crippen LogP contribution in [0.3, 0.4) is 0 Å². The highest BCUT2D eigenvalue weighted by Crippen LogP contribution is 2.33. The van der Waals surface area contributed by atoms with Gasteiger partial charge in [0.15, 0.2) is 9.84 Å². The van der Waals surface area contributed by atoms with Gasteiger partial charge < -0.3 is 0 Å². The Morgan fingerprint density at radius 1 is 1.07 bits per heavy atom. The normalized spacial score (nSPS) is 41.2. The first kappa shape index (κ1) is 11.2. The Kier molecular flexibility index (Phi) is 2.70. The van der Waals surface area contributed by atoms with Crippen molar-refractivity contribution in [2.24, 2.45) is 0 Å². The lowest BCUT2D eigenvalue weighted by Crippen LogP contribution is -2.46. The van der Waals surface area contributed by atoms with E-state index < -0.39 is 19.8 Å². The first-order chi connectivity index (χ1) is 6.28. The summed E-state index contributed by atoms with van der Waals surface area (Å²) in [6, 6.07) is -0.277. The van der Waals surface area contributed by atoms with Gasteiger partial charge in [-0.2, -0.15) is 0 Å². The van der Waals surface area contributed by atoms with Crippen LogP contribution in [0.15, 0.2) is 0 Å². The molecule has 2 fully saturated rings. The average Bonchev–Trinajstić information content (AvgIpc) is 2.37. The van der Waals surface area contributed by atoms with E-state index in [1.807, 2.05) is 0 Å². The second kappa shape index (κ2) is 3.37. The molecule has 0 saturated carbocycles. The van der Waals surface area contributed by atoms with Gasteiger partial charge in [-0.05, 0) is 0 Å². The molecular formula is C6H9Cl3N2O2S. The van der Waals surface area contributed by atoms with Crippen LogP contribution in [0.5, 0.6) is 0 Å². The molecule has 2 aliphatic heterocycles. The van der Waals surface area contributed by atoms with Gasteiger partial charge in [-0.15, -0.1) is 0 Å². The Hall–Kier alpha value is 0.740. The molecule has 2 aliphatic rings. The minimum Gasteiger partial charge on any atom is -0.293 e. The fourth-order valence-corrected chi connectivity index (χ4v) is 4.11. The molecule has 4 nitrogen and oxygen atoms in total. The first-order valence-electron chi connectivity index (χ1n) is 4.07. The van der Waals surface area contributed by atoms with Crippen molar-refractivity contribution in [2.75, 3.05) is 11.5 Å². The molecule has 14 heavy (non-hydrogen) atoms. The third-order valence-corrected chi connectivity index (χ3v) is 4.83. The summed E-state index contributed by atoms with van der Waals surface area (Å²) in [4.78, 5) is 0. The number of alkyl halides is 3. The summed E-state index contributed by atoms with van der Waals surface area (Å²) < 4.78 is 21.0. The maximum Gasteiger partial charge on any atom is 0.218 e. The fourth-order valence-electron chi connectivity index (χ4n) is 1.84. The monoisotopic (exact) mass is 278 g/mol. The fraction of sp³-hybridized carbons (Fsp3) is 1.00. The van der Waals surface area contributed by atoms with Crippen molar-refractivity contribution in [1.29, 1.82) is 0 Å². The van der Waals surface area contributed by atoms with E-state index >= 15 is 0 Å². The highest BCUT2D eigenvalue weighted by molar-refractivity contribution is 7.91. The maximum absolute atomic E-state index is 11.2. The number of hydrogen-bond acceptors (Lipinski definition) is 4. The molecular weight excluding hydrogens is 271 g/mol. The van der Waals surface area contributed by atoms with Crippen molar-refractivity contribution < 1.29 is 8.42 Å². The van der Waals surface area contributed by atoms with Crippen LogP contribution in [0.1, 0.15) is 0 Å². The standard InChI is InChI=1S/C6H9Cl3N2O2S/c7-6(8,9)5-10-3-1-14(12,13)2-4(3)11-5/h3-5,10-11H,1-2H2/t3-,4+,5?. The number of nitrogens with one attached hydrogen (secondary N) is 2. The Labute approximate surface area is 97.2 Å². The van der Waals surface area contributed by atoms with E-state index in [1.165, 1.54) is 0 Å². The SMILES string of the molecule is O=S1(=O)C[C@@H]2NC(C(Cl)(Cl)Cl)N[C@@H]2C1. The van der Waals surface area contributed by atoms with Crippen LogP contribution in [0.25, 0.3) is 0 Å².